The summed E-state index contributed by atoms with van der Waals surface area (Å²) in [6, 6.07) is 0. The van der Waals surface area contributed by atoms with Gasteiger partial charge in [0.25, 0.3) is 10.2 Å². The normalized spacial score (nSPS) is 25.6. The third kappa shape index (κ3) is 3.18. The first-order valence-corrected chi connectivity index (χ1v) is 9.37. The molecule has 0 radical (unpaired) electrons. The lowest BCUT2D eigenvalue weighted by Crippen LogP contribution is -2.58. The van der Waals surface area contributed by atoms with Gasteiger partial charge in [0.2, 0.25) is 0 Å². The monoisotopic (exact) mass is 303 g/mol. The van der Waals surface area contributed by atoms with Crippen molar-refractivity contribution in [2.75, 3.05) is 26.7 Å². The summed E-state index contributed by atoms with van der Waals surface area (Å²) >= 11 is 0. The summed E-state index contributed by atoms with van der Waals surface area (Å²) in [5.74, 6) is 0. The van der Waals surface area contributed by atoms with E-state index in [0.717, 1.165) is 44.9 Å². The van der Waals surface area contributed by atoms with E-state index in [2.05, 4.69) is 0 Å². The van der Waals surface area contributed by atoms with Crippen LogP contribution in [0.15, 0.2) is 0 Å². The molecule has 1 aliphatic heterocycles. The minimum atomic E-state index is -3.36. The summed E-state index contributed by atoms with van der Waals surface area (Å²) in [7, 11) is -1.62. The Kier molecular flexibility index (Phi) is 5.45. The first-order chi connectivity index (χ1) is 9.53. The van der Waals surface area contributed by atoms with Crippen molar-refractivity contribution in [3.05, 3.63) is 0 Å². The molecule has 1 saturated heterocycles. The van der Waals surface area contributed by atoms with Gasteiger partial charge in [-0.2, -0.15) is 17.0 Å². The average Bonchev–Trinajstić information content (AvgIpc) is 2.73. The predicted octanol–water partition coefficient (Wildman–Crippen LogP) is 1.70. The molecule has 0 unspecified atom stereocenters. The standard InChI is InChI=1S/C14H29N3O2S/c1-16(14(13-15)9-5-2-3-6-10-14)20(18,19)17-11-7-4-8-12-17/h2-13,15H2,1H3. The maximum Gasteiger partial charge on any atom is 0.282 e. The van der Waals surface area contributed by atoms with Crippen LogP contribution in [0.4, 0.5) is 0 Å². The van der Waals surface area contributed by atoms with Crippen molar-refractivity contribution in [3.8, 4) is 0 Å². The summed E-state index contributed by atoms with van der Waals surface area (Å²) in [5.41, 5.74) is 5.64. The van der Waals surface area contributed by atoms with Gasteiger partial charge in [-0.05, 0) is 25.7 Å². The number of likely N-dealkylation sites (N-methyl/N-ethyl adjacent to an activating group) is 1. The molecule has 6 heteroatoms. The molecule has 1 aliphatic carbocycles. The van der Waals surface area contributed by atoms with Crippen molar-refractivity contribution >= 4 is 10.2 Å². The molecular weight excluding hydrogens is 274 g/mol. The van der Waals surface area contributed by atoms with Gasteiger partial charge in [0.1, 0.15) is 0 Å². The fraction of sp³-hybridized carbons (Fsp3) is 1.00. The molecule has 2 fully saturated rings. The number of piperidine rings is 1. The fourth-order valence-corrected chi connectivity index (χ4v) is 5.36. The second-order valence-electron chi connectivity index (χ2n) is 6.28. The Bertz CT molecular complexity index is 397. The lowest BCUT2D eigenvalue weighted by atomic mass is 9.90. The summed E-state index contributed by atoms with van der Waals surface area (Å²) in [6.07, 6.45) is 9.43. The van der Waals surface area contributed by atoms with Gasteiger partial charge >= 0.3 is 0 Å². The van der Waals surface area contributed by atoms with Crippen molar-refractivity contribution in [2.45, 2.75) is 63.3 Å². The van der Waals surface area contributed by atoms with E-state index in [1.54, 1.807) is 15.7 Å². The highest BCUT2D eigenvalue weighted by Crippen LogP contribution is 2.34. The summed E-state index contributed by atoms with van der Waals surface area (Å²) < 4.78 is 29.0. The average molecular weight is 303 g/mol. The summed E-state index contributed by atoms with van der Waals surface area (Å²) in [4.78, 5) is 0. The molecule has 0 atom stereocenters. The van der Waals surface area contributed by atoms with Gasteiger partial charge in [0.15, 0.2) is 0 Å². The fourth-order valence-electron chi connectivity index (χ4n) is 3.55. The molecule has 0 aromatic carbocycles. The van der Waals surface area contributed by atoms with E-state index in [9.17, 15) is 8.42 Å². The zero-order valence-corrected chi connectivity index (χ0v) is 13.5. The number of rotatable bonds is 4. The maximum atomic E-state index is 12.9. The van der Waals surface area contributed by atoms with Crippen LogP contribution in [0.3, 0.4) is 0 Å². The molecule has 2 N–H and O–H groups in total. The van der Waals surface area contributed by atoms with Crippen LogP contribution in [0.2, 0.25) is 0 Å². The van der Waals surface area contributed by atoms with Gasteiger partial charge in [0.05, 0.1) is 0 Å². The zero-order valence-electron chi connectivity index (χ0n) is 12.7. The van der Waals surface area contributed by atoms with Crippen molar-refractivity contribution in [3.63, 3.8) is 0 Å². The molecule has 5 nitrogen and oxygen atoms in total. The highest BCUT2D eigenvalue weighted by Gasteiger charge is 2.42. The Balaban J connectivity index is 2.19. The van der Waals surface area contributed by atoms with Crippen molar-refractivity contribution < 1.29 is 8.42 Å². The third-order valence-electron chi connectivity index (χ3n) is 5.07. The van der Waals surface area contributed by atoms with Crippen LogP contribution in [-0.2, 0) is 10.2 Å². The van der Waals surface area contributed by atoms with E-state index >= 15 is 0 Å². The van der Waals surface area contributed by atoms with Crippen molar-refractivity contribution in [1.29, 1.82) is 0 Å². The molecule has 1 saturated carbocycles. The van der Waals surface area contributed by atoms with Crippen LogP contribution >= 0.6 is 0 Å². The Labute approximate surface area is 123 Å². The molecule has 0 aromatic heterocycles. The second kappa shape index (κ2) is 6.73. The van der Waals surface area contributed by atoms with E-state index in [-0.39, 0.29) is 5.54 Å². The van der Waals surface area contributed by atoms with Crippen LogP contribution in [0.25, 0.3) is 0 Å². The molecule has 2 rings (SSSR count). The lowest BCUT2D eigenvalue weighted by molar-refractivity contribution is 0.179. The smallest absolute Gasteiger partial charge is 0.282 e. The number of hydrogen-bond acceptors (Lipinski definition) is 3. The minimum Gasteiger partial charge on any atom is -0.329 e. The quantitative estimate of drug-likeness (QED) is 0.804. The first-order valence-electron chi connectivity index (χ1n) is 7.97. The lowest BCUT2D eigenvalue weighted by Gasteiger charge is -2.42. The van der Waals surface area contributed by atoms with Gasteiger partial charge in [0, 0.05) is 32.2 Å². The first kappa shape index (κ1) is 16.2. The summed E-state index contributed by atoms with van der Waals surface area (Å²) in [5, 5.41) is 0. The SMILES string of the molecule is CN(C1(CN)CCCCCC1)S(=O)(=O)N1CCCCC1. The molecule has 0 aromatic rings. The van der Waals surface area contributed by atoms with Crippen molar-refractivity contribution in [2.24, 2.45) is 5.73 Å². The van der Waals surface area contributed by atoms with Crippen LogP contribution in [0.5, 0.6) is 0 Å². The van der Waals surface area contributed by atoms with Gasteiger partial charge in [-0.3, -0.25) is 0 Å². The molecule has 2 aliphatic rings. The molecule has 20 heavy (non-hydrogen) atoms. The highest BCUT2D eigenvalue weighted by molar-refractivity contribution is 7.86. The highest BCUT2D eigenvalue weighted by atomic mass is 32.2. The number of hydrogen-bond donors (Lipinski definition) is 1. The van der Waals surface area contributed by atoms with E-state index in [1.807, 2.05) is 0 Å². The van der Waals surface area contributed by atoms with E-state index in [4.69, 9.17) is 5.73 Å². The molecule has 1 heterocycles. The maximum absolute atomic E-state index is 12.9. The molecule has 0 bridgehead atoms. The van der Waals surface area contributed by atoms with Crippen LogP contribution in [0.1, 0.15) is 57.8 Å². The third-order valence-corrected chi connectivity index (χ3v) is 7.17. The van der Waals surface area contributed by atoms with Gasteiger partial charge in [-0.1, -0.05) is 32.1 Å². The Morgan fingerprint density at radius 2 is 1.50 bits per heavy atom. The van der Waals surface area contributed by atoms with Crippen LogP contribution in [-0.4, -0.2) is 49.2 Å². The van der Waals surface area contributed by atoms with Crippen LogP contribution < -0.4 is 5.73 Å². The molecule has 0 spiro atoms. The molecule has 118 valence electrons. The van der Waals surface area contributed by atoms with E-state index in [1.165, 1.54) is 12.8 Å². The Morgan fingerprint density at radius 1 is 1.00 bits per heavy atom. The molecular formula is C14H29N3O2S. The number of nitrogens with two attached hydrogens (primary N) is 1. The summed E-state index contributed by atoms with van der Waals surface area (Å²) in [6.45, 7) is 1.75. The van der Waals surface area contributed by atoms with Crippen molar-refractivity contribution in [1.82, 2.24) is 8.61 Å². The van der Waals surface area contributed by atoms with E-state index in [0.29, 0.717) is 19.6 Å². The second-order valence-corrected chi connectivity index (χ2v) is 8.24. The topological polar surface area (TPSA) is 66.6 Å². The van der Waals surface area contributed by atoms with Crippen LogP contribution in [0, 0.1) is 0 Å². The van der Waals surface area contributed by atoms with Gasteiger partial charge in [-0.15, -0.1) is 0 Å². The van der Waals surface area contributed by atoms with E-state index < -0.39 is 10.2 Å². The Hall–Kier alpha value is -0.170. The minimum absolute atomic E-state index is 0.368. The number of nitrogens with zero attached hydrogens (tertiary/aromatic N) is 2. The van der Waals surface area contributed by atoms with Gasteiger partial charge in [-0.25, -0.2) is 0 Å². The Morgan fingerprint density at radius 3 is 2.00 bits per heavy atom. The van der Waals surface area contributed by atoms with Gasteiger partial charge < -0.3 is 5.73 Å². The largest absolute Gasteiger partial charge is 0.329 e. The molecule has 0 amide bonds. The zero-order chi connectivity index (χ0) is 14.6. The predicted molar refractivity (Wildman–Crippen MR) is 81.6 cm³/mol.